The summed E-state index contributed by atoms with van der Waals surface area (Å²) in [4.78, 5) is 12.2. The van der Waals surface area contributed by atoms with Crippen molar-refractivity contribution in [3.05, 3.63) is 0 Å². The minimum atomic E-state index is -4.07. The SMILES string of the molecule is C[C@H](CCC(=O)NCCS(=O)(=O)O)[C@H]1CC[C@H]2[C@@H]3CC[C@@H]4C[C@H](O)CCC4(C)[C@H]3C[C@H](O)C12C. The molecule has 4 aliphatic carbocycles. The number of hydrogen-bond donors (Lipinski definition) is 4. The molecule has 0 aliphatic heterocycles. The van der Waals surface area contributed by atoms with E-state index in [9.17, 15) is 23.4 Å². The van der Waals surface area contributed by atoms with E-state index in [-0.39, 0.29) is 35.5 Å². The van der Waals surface area contributed by atoms with Gasteiger partial charge in [0, 0.05) is 13.0 Å². The van der Waals surface area contributed by atoms with Gasteiger partial charge in [0.15, 0.2) is 0 Å². The van der Waals surface area contributed by atoms with Crippen LogP contribution in [-0.4, -0.2) is 53.6 Å². The van der Waals surface area contributed by atoms with Crippen molar-refractivity contribution in [1.82, 2.24) is 5.32 Å². The van der Waals surface area contributed by atoms with Gasteiger partial charge >= 0.3 is 0 Å². The highest BCUT2D eigenvalue weighted by molar-refractivity contribution is 7.85. The predicted molar refractivity (Wildman–Crippen MR) is 130 cm³/mol. The molecule has 0 heterocycles. The van der Waals surface area contributed by atoms with Crippen molar-refractivity contribution in [2.45, 2.75) is 97.2 Å². The van der Waals surface area contributed by atoms with Crippen LogP contribution in [0.2, 0.25) is 0 Å². The van der Waals surface area contributed by atoms with E-state index < -0.39 is 15.9 Å². The van der Waals surface area contributed by atoms with Gasteiger partial charge < -0.3 is 15.5 Å². The summed E-state index contributed by atoms with van der Waals surface area (Å²) in [5.41, 5.74) is 0.105. The maximum absolute atomic E-state index is 12.2. The van der Waals surface area contributed by atoms with Crippen LogP contribution in [0.15, 0.2) is 0 Å². The van der Waals surface area contributed by atoms with E-state index in [1.807, 2.05) is 0 Å². The first-order valence-corrected chi connectivity index (χ1v) is 15.0. The Morgan fingerprint density at radius 2 is 1.79 bits per heavy atom. The Balaban J connectivity index is 1.40. The fourth-order valence-corrected chi connectivity index (χ4v) is 9.49. The second kappa shape index (κ2) is 9.64. The van der Waals surface area contributed by atoms with Crippen LogP contribution >= 0.6 is 0 Å². The largest absolute Gasteiger partial charge is 0.393 e. The third-order valence-corrected chi connectivity index (χ3v) is 11.7. The number of fused-ring (bicyclic) bond motifs is 5. The average molecular weight is 500 g/mol. The van der Waals surface area contributed by atoms with Crippen molar-refractivity contribution in [3.8, 4) is 0 Å². The first-order chi connectivity index (χ1) is 15.9. The van der Waals surface area contributed by atoms with Crippen LogP contribution in [0.4, 0.5) is 0 Å². The van der Waals surface area contributed by atoms with Gasteiger partial charge in [0.2, 0.25) is 5.91 Å². The zero-order valence-electron chi connectivity index (χ0n) is 21.1. The normalized spacial score (nSPS) is 45.1. The second-order valence-corrected chi connectivity index (χ2v) is 14.1. The summed E-state index contributed by atoms with van der Waals surface area (Å²) in [6.45, 7) is 6.86. The van der Waals surface area contributed by atoms with E-state index in [1.165, 1.54) is 12.8 Å². The lowest BCUT2D eigenvalue weighted by molar-refractivity contribution is -0.174. The van der Waals surface area contributed by atoms with Gasteiger partial charge in [0.1, 0.15) is 0 Å². The van der Waals surface area contributed by atoms with Crippen LogP contribution in [-0.2, 0) is 14.9 Å². The first-order valence-electron chi connectivity index (χ1n) is 13.4. The Hall–Kier alpha value is -0.700. The van der Waals surface area contributed by atoms with Gasteiger partial charge in [0.05, 0.1) is 18.0 Å². The minimum Gasteiger partial charge on any atom is -0.393 e. The summed E-state index contributed by atoms with van der Waals surface area (Å²) in [5.74, 6) is 2.28. The maximum atomic E-state index is 12.2. The number of aliphatic hydroxyl groups excluding tert-OH is 2. The highest BCUT2D eigenvalue weighted by Gasteiger charge is 2.63. The number of hydrogen-bond acceptors (Lipinski definition) is 5. The van der Waals surface area contributed by atoms with E-state index >= 15 is 0 Å². The molecule has 4 aliphatic rings. The minimum absolute atomic E-state index is 0.0756. The Morgan fingerprint density at radius 1 is 1.06 bits per heavy atom. The number of carbonyl (C=O) groups is 1. The molecule has 4 rings (SSSR count). The number of amides is 1. The summed E-state index contributed by atoms with van der Waals surface area (Å²) in [5, 5.41) is 24.5. The zero-order valence-corrected chi connectivity index (χ0v) is 21.9. The van der Waals surface area contributed by atoms with Crippen molar-refractivity contribution in [3.63, 3.8) is 0 Å². The van der Waals surface area contributed by atoms with Gasteiger partial charge in [-0.15, -0.1) is 0 Å². The lowest BCUT2D eigenvalue weighted by atomic mass is 9.43. The van der Waals surface area contributed by atoms with Gasteiger partial charge in [-0.05, 0) is 104 Å². The van der Waals surface area contributed by atoms with Gasteiger partial charge in [-0.3, -0.25) is 9.35 Å². The van der Waals surface area contributed by atoms with Crippen molar-refractivity contribution in [1.29, 1.82) is 0 Å². The van der Waals surface area contributed by atoms with Crippen LogP contribution in [0, 0.1) is 46.3 Å². The van der Waals surface area contributed by atoms with Gasteiger partial charge in [-0.1, -0.05) is 20.8 Å². The number of rotatable bonds is 7. The summed E-state index contributed by atoms with van der Waals surface area (Å²) in [7, 11) is -4.07. The fraction of sp³-hybridized carbons (Fsp3) is 0.962. The molecule has 0 aromatic carbocycles. The Morgan fingerprint density at radius 3 is 2.50 bits per heavy atom. The van der Waals surface area contributed by atoms with E-state index in [0.717, 1.165) is 38.5 Å². The maximum Gasteiger partial charge on any atom is 0.266 e. The molecule has 1 amide bonds. The first kappa shape index (κ1) is 26.4. The molecule has 2 unspecified atom stereocenters. The lowest BCUT2D eigenvalue weighted by Gasteiger charge is -2.62. The molecule has 4 fully saturated rings. The van der Waals surface area contributed by atoms with Crippen LogP contribution in [0.3, 0.4) is 0 Å². The third-order valence-electron chi connectivity index (χ3n) is 11.0. The molecule has 0 bridgehead atoms. The van der Waals surface area contributed by atoms with Crippen molar-refractivity contribution in [2.24, 2.45) is 46.3 Å². The molecule has 0 aromatic heterocycles. The molecule has 4 saturated carbocycles. The van der Waals surface area contributed by atoms with Crippen LogP contribution in [0.25, 0.3) is 0 Å². The molecule has 196 valence electrons. The lowest BCUT2D eigenvalue weighted by Crippen LogP contribution is -2.58. The molecular weight excluding hydrogens is 454 g/mol. The molecule has 0 spiro atoms. The van der Waals surface area contributed by atoms with Crippen LogP contribution in [0.5, 0.6) is 0 Å². The molecular formula is C26H45NO6S. The van der Waals surface area contributed by atoms with Crippen molar-refractivity contribution < 1.29 is 28.0 Å². The molecule has 0 radical (unpaired) electrons. The molecule has 0 aromatic rings. The molecule has 4 N–H and O–H groups in total. The number of aliphatic hydroxyl groups is 2. The monoisotopic (exact) mass is 499 g/mol. The Labute approximate surface area is 205 Å². The van der Waals surface area contributed by atoms with Crippen LogP contribution in [0.1, 0.15) is 85.0 Å². The second-order valence-electron chi connectivity index (χ2n) is 12.5. The van der Waals surface area contributed by atoms with Crippen LogP contribution < -0.4 is 5.32 Å². The van der Waals surface area contributed by atoms with Gasteiger partial charge in [-0.2, -0.15) is 8.42 Å². The Bertz CT molecular complexity index is 863. The smallest absolute Gasteiger partial charge is 0.266 e. The summed E-state index contributed by atoms with van der Waals surface area (Å²) in [6, 6.07) is 0. The van der Waals surface area contributed by atoms with E-state index in [0.29, 0.717) is 48.3 Å². The molecule has 8 heteroatoms. The average Bonchev–Trinajstić information content (AvgIpc) is 3.11. The Kier molecular flexibility index (Phi) is 7.47. The van der Waals surface area contributed by atoms with E-state index in [4.69, 9.17) is 4.55 Å². The molecule has 10 atom stereocenters. The highest BCUT2D eigenvalue weighted by Crippen LogP contribution is 2.68. The predicted octanol–water partition coefficient (Wildman–Crippen LogP) is 3.40. The topological polar surface area (TPSA) is 124 Å². The molecule has 34 heavy (non-hydrogen) atoms. The van der Waals surface area contributed by atoms with Crippen molar-refractivity contribution >= 4 is 16.0 Å². The zero-order chi connectivity index (χ0) is 24.9. The summed E-state index contributed by atoms with van der Waals surface area (Å²) >= 11 is 0. The third kappa shape index (κ3) is 4.81. The standard InChI is InChI=1S/C26H45NO6S/c1-16(4-9-24(30)27-12-13-34(31,32)33)20-7-8-21-19-6-5-17-14-18(28)10-11-25(17,2)22(19)15-23(29)26(20,21)3/h16-23,28-29H,4-15H2,1-3H3,(H,27,30)(H,31,32,33)/t16-,17-,18-,19+,20-,21+,22+,23+,25?,26?/m1/s1. The highest BCUT2D eigenvalue weighted by atomic mass is 32.2. The number of nitrogens with one attached hydrogen (secondary N) is 1. The molecule has 0 saturated heterocycles. The summed E-state index contributed by atoms with van der Waals surface area (Å²) in [6.07, 6.45) is 8.93. The summed E-state index contributed by atoms with van der Waals surface area (Å²) < 4.78 is 30.5. The van der Waals surface area contributed by atoms with Crippen molar-refractivity contribution in [2.75, 3.05) is 12.3 Å². The molecule has 7 nitrogen and oxygen atoms in total. The van der Waals surface area contributed by atoms with Gasteiger partial charge in [-0.25, -0.2) is 0 Å². The van der Waals surface area contributed by atoms with Gasteiger partial charge in [0.25, 0.3) is 10.1 Å². The fourth-order valence-electron chi connectivity index (χ4n) is 9.13. The quantitative estimate of drug-likeness (QED) is 0.398. The van der Waals surface area contributed by atoms with E-state index in [2.05, 4.69) is 26.1 Å². The number of carbonyl (C=O) groups excluding carboxylic acids is 1. The van der Waals surface area contributed by atoms with E-state index in [1.54, 1.807) is 0 Å².